The monoisotopic (exact) mass is 170 g/mol. The van der Waals surface area contributed by atoms with E-state index in [-0.39, 0.29) is 0 Å². The molecule has 1 heterocycles. The van der Waals surface area contributed by atoms with Crippen LogP contribution in [0.4, 0.5) is 0 Å². The van der Waals surface area contributed by atoms with Gasteiger partial charge in [-0.1, -0.05) is 0 Å². The van der Waals surface area contributed by atoms with Gasteiger partial charge in [0.1, 0.15) is 5.75 Å². The van der Waals surface area contributed by atoms with Crippen molar-refractivity contribution in [1.82, 2.24) is 0 Å². The third kappa shape index (κ3) is 3.23. The smallest absolute Gasteiger partial charge is 0.132 e. The lowest BCUT2D eigenvalue weighted by Gasteiger charge is -1.98. The van der Waals surface area contributed by atoms with E-state index in [2.05, 4.69) is 25.5 Å². The Morgan fingerprint density at radius 3 is 2.45 bits per heavy atom. The molecular weight excluding hydrogens is 156 g/mol. The molecule has 0 fully saturated rings. The van der Waals surface area contributed by atoms with Crippen LogP contribution < -0.4 is 4.74 Å². The van der Waals surface area contributed by atoms with Crippen molar-refractivity contribution in [2.24, 2.45) is 0 Å². The highest BCUT2D eigenvalue weighted by molar-refractivity contribution is 7.08. The van der Waals surface area contributed by atoms with Gasteiger partial charge in [-0.05, 0) is 19.2 Å². The topological polar surface area (TPSA) is 9.23 Å². The van der Waals surface area contributed by atoms with Gasteiger partial charge < -0.3 is 4.74 Å². The maximum Gasteiger partial charge on any atom is 0.132 e. The first-order valence-corrected chi connectivity index (χ1v) is 4.44. The first kappa shape index (κ1) is 10.2. The molecule has 11 heavy (non-hydrogen) atoms. The summed E-state index contributed by atoms with van der Waals surface area (Å²) in [6.45, 7) is 10.8. The van der Waals surface area contributed by atoms with Crippen LogP contribution >= 0.6 is 11.3 Å². The van der Waals surface area contributed by atoms with Crippen molar-refractivity contribution in [2.45, 2.75) is 13.8 Å². The van der Waals surface area contributed by atoms with Crippen LogP contribution in [0.25, 0.3) is 0 Å². The molecule has 0 atom stereocenters. The molecule has 0 unspecified atom stereocenters. The molecule has 0 N–H and O–H groups in total. The molecule has 1 rings (SSSR count). The van der Waals surface area contributed by atoms with Crippen LogP contribution in [0, 0.1) is 6.92 Å². The van der Waals surface area contributed by atoms with Crippen LogP contribution in [0.15, 0.2) is 23.9 Å². The number of rotatable bonds is 2. The zero-order valence-electron chi connectivity index (χ0n) is 7.09. The molecule has 0 amide bonds. The Bertz CT molecular complexity index is 193. The lowest BCUT2D eigenvalue weighted by atomic mass is 10.4. The number of hydrogen-bond donors (Lipinski definition) is 0. The van der Waals surface area contributed by atoms with Crippen LogP contribution in [0.3, 0.4) is 0 Å². The standard InChI is InChI=1S/C7H10OS.C2H4/c1-3-8-7-5-9-4-6(7)2;1-2/h4-5H,3H2,1-2H3;1-2H2. The summed E-state index contributed by atoms with van der Waals surface area (Å²) in [5.41, 5.74) is 1.24. The average molecular weight is 170 g/mol. The Morgan fingerprint density at radius 1 is 1.45 bits per heavy atom. The fourth-order valence-corrected chi connectivity index (χ4v) is 1.42. The molecule has 1 aromatic heterocycles. The van der Waals surface area contributed by atoms with Gasteiger partial charge in [0.15, 0.2) is 0 Å². The maximum absolute atomic E-state index is 5.29. The van der Waals surface area contributed by atoms with E-state index in [1.807, 2.05) is 12.3 Å². The fraction of sp³-hybridized carbons (Fsp3) is 0.333. The molecule has 0 radical (unpaired) electrons. The molecule has 1 aromatic rings. The lowest BCUT2D eigenvalue weighted by molar-refractivity contribution is 0.339. The van der Waals surface area contributed by atoms with E-state index in [1.54, 1.807) is 11.3 Å². The minimum absolute atomic E-state index is 0.761. The third-order valence-corrected chi connectivity index (χ3v) is 1.95. The van der Waals surface area contributed by atoms with E-state index in [0.29, 0.717) is 0 Å². The molecule has 0 saturated heterocycles. The van der Waals surface area contributed by atoms with E-state index in [1.165, 1.54) is 5.56 Å². The molecular formula is C9H14OS. The van der Waals surface area contributed by atoms with E-state index in [0.717, 1.165) is 12.4 Å². The van der Waals surface area contributed by atoms with Gasteiger partial charge >= 0.3 is 0 Å². The van der Waals surface area contributed by atoms with E-state index in [4.69, 9.17) is 4.74 Å². The Morgan fingerprint density at radius 2 is 2.09 bits per heavy atom. The predicted molar refractivity (Wildman–Crippen MR) is 51.5 cm³/mol. The van der Waals surface area contributed by atoms with E-state index < -0.39 is 0 Å². The molecule has 0 aliphatic carbocycles. The van der Waals surface area contributed by atoms with Gasteiger partial charge in [-0.3, -0.25) is 0 Å². The third-order valence-electron chi connectivity index (χ3n) is 1.11. The Hall–Kier alpha value is -0.760. The Balaban J connectivity index is 0.000000461. The van der Waals surface area contributed by atoms with E-state index >= 15 is 0 Å². The summed E-state index contributed by atoms with van der Waals surface area (Å²) in [5, 5.41) is 4.11. The zero-order chi connectivity index (χ0) is 8.69. The molecule has 62 valence electrons. The first-order chi connectivity index (χ1) is 5.34. The maximum atomic E-state index is 5.29. The zero-order valence-corrected chi connectivity index (χ0v) is 7.91. The molecule has 0 spiro atoms. The predicted octanol–water partition coefficient (Wildman–Crippen LogP) is 3.26. The highest BCUT2D eigenvalue weighted by Crippen LogP contribution is 2.21. The summed E-state index contributed by atoms with van der Waals surface area (Å²) in [7, 11) is 0. The van der Waals surface area contributed by atoms with Crippen LogP contribution in [0.5, 0.6) is 5.75 Å². The van der Waals surface area contributed by atoms with Crippen LogP contribution in [-0.2, 0) is 0 Å². The fourth-order valence-electron chi connectivity index (χ4n) is 0.652. The first-order valence-electron chi connectivity index (χ1n) is 3.50. The summed E-state index contributed by atoms with van der Waals surface area (Å²) in [6, 6.07) is 0. The second-order valence-corrected chi connectivity index (χ2v) is 2.60. The summed E-state index contributed by atoms with van der Waals surface area (Å²) < 4.78 is 5.29. The van der Waals surface area contributed by atoms with Crippen LogP contribution in [0.2, 0.25) is 0 Å². The van der Waals surface area contributed by atoms with Crippen molar-refractivity contribution in [2.75, 3.05) is 6.61 Å². The molecule has 0 aromatic carbocycles. The number of aryl methyl sites for hydroxylation is 1. The molecule has 1 nitrogen and oxygen atoms in total. The normalized spacial score (nSPS) is 8.18. The van der Waals surface area contributed by atoms with Gasteiger partial charge in [0, 0.05) is 10.9 Å². The highest BCUT2D eigenvalue weighted by atomic mass is 32.1. The lowest BCUT2D eigenvalue weighted by Crippen LogP contribution is -1.89. The second kappa shape index (κ2) is 5.98. The molecule has 0 saturated carbocycles. The van der Waals surface area contributed by atoms with Gasteiger partial charge in [0.2, 0.25) is 0 Å². The van der Waals surface area contributed by atoms with Gasteiger partial charge in [-0.25, -0.2) is 0 Å². The molecule has 2 heteroatoms. The van der Waals surface area contributed by atoms with Crippen molar-refractivity contribution in [1.29, 1.82) is 0 Å². The minimum atomic E-state index is 0.761. The largest absolute Gasteiger partial charge is 0.493 e. The Labute approximate surface area is 72.3 Å². The molecule has 0 aliphatic heterocycles. The van der Waals surface area contributed by atoms with Gasteiger partial charge in [-0.2, -0.15) is 0 Å². The van der Waals surface area contributed by atoms with E-state index in [9.17, 15) is 0 Å². The number of thiophene rings is 1. The quantitative estimate of drug-likeness (QED) is 0.619. The minimum Gasteiger partial charge on any atom is -0.493 e. The van der Waals surface area contributed by atoms with Gasteiger partial charge in [-0.15, -0.1) is 24.5 Å². The van der Waals surface area contributed by atoms with Crippen LogP contribution in [-0.4, -0.2) is 6.61 Å². The van der Waals surface area contributed by atoms with Crippen molar-refractivity contribution in [3.05, 3.63) is 29.5 Å². The number of ether oxygens (including phenoxy) is 1. The number of hydrogen-bond acceptors (Lipinski definition) is 2. The summed E-state index contributed by atoms with van der Waals surface area (Å²) >= 11 is 1.68. The second-order valence-electron chi connectivity index (χ2n) is 1.85. The average Bonchev–Trinajstić information content (AvgIpc) is 2.42. The highest BCUT2D eigenvalue weighted by Gasteiger charge is 1.95. The van der Waals surface area contributed by atoms with Crippen molar-refractivity contribution >= 4 is 11.3 Å². The summed E-state index contributed by atoms with van der Waals surface area (Å²) in [5.74, 6) is 1.03. The van der Waals surface area contributed by atoms with Crippen molar-refractivity contribution in [3.63, 3.8) is 0 Å². The van der Waals surface area contributed by atoms with Crippen molar-refractivity contribution in [3.8, 4) is 5.75 Å². The van der Waals surface area contributed by atoms with Crippen LogP contribution in [0.1, 0.15) is 12.5 Å². The molecule has 0 aliphatic rings. The Kier molecular flexibility index (Phi) is 5.57. The SMILES string of the molecule is C=C.CCOc1cscc1C. The summed E-state index contributed by atoms with van der Waals surface area (Å²) in [4.78, 5) is 0. The van der Waals surface area contributed by atoms with Crippen molar-refractivity contribution < 1.29 is 4.74 Å². The van der Waals surface area contributed by atoms with Gasteiger partial charge in [0.25, 0.3) is 0 Å². The summed E-state index contributed by atoms with van der Waals surface area (Å²) in [6.07, 6.45) is 0. The molecule has 0 bridgehead atoms. The van der Waals surface area contributed by atoms with Gasteiger partial charge in [0.05, 0.1) is 6.61 Å².